The number of halogens is 1. The Morgan fingerprint density at radius 2 is 2.15 bits per heavy atom. The van der Waals surface area contributed by atoms with E-state index in [0.29, 0.717) is 12.0 Å². The van der Waals surface area contributed by atoms with Crippen molar-refractivity contribution in [3.05, 3.63) is 35.6 Å². The van der Waals surface area contributed by atoms with Gasteiger partial charge in [0.05, 0.1) is 18.7 Å². The Kier molecular flexibility index (Phi) is 3.99. The molecule has 0 saturated carbocycles. The molecule has 0 radical (unpaired) electrons. The topological polar surface area (TPSA) is 49.8 Å². The molecule has 1 fully saturated rings. The van der Waals surface area contributed by atoms with Crippen LogP contribution in [0.5, 0.6) is 0 Å². The van der Waals surface area contributed by atoms with Gasteiger partial charge in [0.15, 0.2) is 0 Å². The first-order valence-electron chi connectivity index (χ1n) is 6.69. The summed E-state index contributed by atoms with van der Waals surface area (Å²) in [7, 11) is 0. The first-order valence-corrected chi connectivity index (χ1v) is 6.69. The average Bonchev–Trinajstić information content (AvgIpc) is 2.69. The highest BCUT2D eigenvalue weighted by molar-refractivity contribution is 5.69. The van der Waals surface area contributed by atoms with Gasteiger partial charge in [0.2, 0.25) is 0 Å². The zero-order chi connectivity index (χ0) is 14.9. The molecule has 1 aromatic rings. The normalized spacial score (nSPS) is 22.9. The minimum absolute atomic E-state index is 0.204. The molecule has 110 valence electrons. The highest BCUT2D eigenvalue weighted by atomic mass is 19.1. The minimum Gasteiger partial charge on any atom is -0.444 e. The number of benzene rings is 1. The van der Waals surface area contributed by atoms with E-state index in [0.717, 1.165) is 0 Å². The number of likely N-dealkylation sites (tertiary alicyclic amines) is 1. The number of ether oxygens (including phenoxy) is 1. The molecular weight excluding hydrogens is 261 g/mol. The van der Waals surface area contributed by atoms with E-state index in [1.165, 1.54) is 17.0 Å². The molecule has 0 aliphatic carbocycles. The third-order valence-electron chi connectivity index (χ3n) is 3.14. The first-order chi connectivity index (χ1) is 9.26. The number of amides is 1. The molecule has 0 spiro atoms. The lowest BCUT2D eigenvalue weighted by molar-refractivity contribution is 0.0206. The van der Waals surface area contributed by atoms with Gasteiger partial charge in [0.25, 0.3) is 0 Å². The van der Waals surface area contributed by atoms with Crippen LogP contribution in [0.25, 0.3) is 0 Å². The van der Waals surface area contributed by atoms with Crippen molar-refractivity contribution < 1.29 is 19.0 Å². The summed E-state index contributed by atoms with van der Waals surface area (Å²) in [5.74, 6) is -0.354. The van der Waals surface area contributed by atoms with Gasteiger partial charge in [-0.05, 0) is 44.9 Å². The van der Waals surface area contributed by atoms with Crippen LogP contribution in [0.1, 0.15) is 38.8 Å². The van der Waals surface area contributed by atoms with E-state index in [1.807, 2.05) is 0 Å². The molecule has 0 unspecified atom stereocenters. The summed E-state index contributed by atoms with van der Waals surface area (Å²) in [6.07, 6.45) is -0.706. The van der Waals surface area contributed by atoms with Gasteiger partial charge in [-0.2, -0.15) is 0 Å². The third kappa shape index (κ3) is 3.48. The lowest BCUT2D eigenvalue weighted by atomic mass is 10.0. The van der Waals surface area contributed by atoms with Crippen LogP contribution in [0.15, 0.2) is 24.3 Å². The average molecular weight is 281 g/mol. The van der Waals surface area contributed by atoms with Gasteiger partial charge in [-0.1, -0.05) is 12.1 Å². The number of hydrogen-bond acceptors (Lipinski definition) is 3. The van der Waals surface area contributed by atoms with Crippen LogP contribution in [0.4, 0.5) is 9.18 Å². The van der Waals surface area contributed by atoms with Gasteiger partial charge in [-0.15, -0.1) is 0 Å². The van der Waals surface area contributed by atoms with Gasteiger partial charge >= 0.3 is 6.09 Å². The minimum atomic E-state index is -0.615. The Bertz CT molecular complexity index is 498. The molecule has 4 nitrogen and oxygen atoms in total. The number of carbonyl (C=O) groups is 1. The molecule has 2 rings (SSSR count). The van der Waals surface area contributed by atoms with Crippen molar-refractivity contribution in [2.24, 2.45) is 0 Å². The van der Waals surface area contributed by atoms with E-state index in [1.54, 1.807) is 32.9 Å². The fourth-order valence-electron chi connectivity index (χ4n) is 2.37. The van der Waals surface area contributed by atoms with Gasteiger partial charge in [-0.3, -0.25) is 4.90 Å². The van der Waals surface area contributed by atoms with Crippen molar-refractivity contribution in [3.8, 4) is 0 Å². The van der Waals surface area contributed by atoms with Crippen LogP contribution in [0, 0.1) is 5.82 Å². The predicted octanol–water partition coefficient (Wildman–Crippen LogP) is 2.87. The molecule has 1 saturated heterocycles. The molecule has 5 heteroatoms. The molecule has 0 aromatic heterocycles. The highest BCUT2D eigenvalue weighted by Gasteiger charge is 2.37. The quantitative estimate of drug-likeness (QED) is 0.861. The molecule has 0 bridgehead atoms. The number of rotatable bonds is 1. The summed E-state index contributed by atoms with van der Waals surface area (Å²) >= 11 is 0. The number of aliphatic hydroxyl groups excluding tert-OH is 1. The Labute approximate surface area is 118 Å². The Morgan fingerprint density at radius 3 is 2.75 bits per heavy atom. The Morgan fingerprint density at radius 1 is 1.45 bits per heavy atom. The van der Waals surface area contributed by atoms with Crippen LogP contribution in [0.3, 0.4) is 0 Å². The molecular formula is C15H20FNO3. The maximum atomic E-state index is 13.3. The summed E-state index contributed by atoms with van der Waals surface area (Å²) in [4.78, 5) is 13.6. The first kappa shape index (κ1) is 14.8. The molecule has 20 heavy (non-hydrogen) atoms. The summed E-state index contributed by atoms with van der Waals surface area (Å²) in [6.45, 7) is 5.56. The van der Waals surface area contributed by atoms with Crippen LogP contribution in [-0.4, -0.2) is 34.3 Å². The van der Waals surface area contributed by atoms with Gasteiger partial charge in [0.1, 0.15) is 11.4 Å². The molecule has 1 aromatic carbocycles. The summed E-state index contributed by atoms with van der Waals surface area (Å²) in [6, 6.07) is 5.74. The second kappa shape index (κ2) is 5.40. The van der Waals surface area contributed by atoms with E-state index in [9.17, 15) is 14.3 Å². The largest absolute Gasteiger partial charge is 0.444 e. The molecule has 1 N–H and O–H groups in total. The maximum Gasteiger partial charge on any atom is 0.410 e. The molecule has 1 amide bonds. The smallest absolute Gasteiger partial charge is 0.410 e. The number of hydrogen-bond donors (Lipinski definition) is 1. The second-order valence-corrected chi connectivity index (χ2v) is 6.09. The zero-order valence-corrected chi connectivity index (χ0v) is 12.0. The lowest BCUT2D eigenvalue weighted by Gasteiger charge is -2.28. The van der Waals surface area contributed by atoms with Crippen LogP contribution in [-0.2, 0) is 4.74 Å². The second-order valence-electron chi connectivity index (χ2n) is 6.09. The van der Waals surface area contributed by atoms with Crippen molar-refractivity contribution >= 4 is 6.09 Å². The van der Waals surface area contributed by atoms with E-state index in [2.05, 4.69) is 0 Å². The highest BCUT2D eigenvalue weighted by Crippen LogP contribution is 2.33. The fraction of sp³-hybridized carbons (Fsp3) is 0.533. The molecule has 1 aliphatic rings. The molecule has 2 atom stereocenters. The van der Waals surface area contributed by atoms with E-state index in [4.69, 9.17) is 4.74 Å². The van der Waals surface area contributed by atoms with Crippen molar-refractivity contribution in [1.29, 1.82) is 0 Å². The maximum absolute atomic E-state index is 13.3. The SMILES string of the molecule is CC(C)(C)OC(=O)N1C[C@H](O)C[C@@H]1c1cccc(F)c1. The monoisotopic (exact) mass is 281 g/mol. The number of aliphatic hydroxyl groups is 1. The molecule has 1 aliphatic heterocycles. The Hall–Kier alpha value is -1.62. The van der Waals surface area contributed by atoms with E-state index < -0.39 is 17.8 Å². The standard InChI is InChI=1S/C15H20FNO3/c1-15(2,3)20-14(19)17-9-12(18)8-13(17)10-5-4-6-11(16)7-10/h4-7,12-13,18H,8-9H2,1-3H3/t12-,13-/m1/s1. The fourth-order valence-corrected chi connectivity index (χ4v) is 2.37. The zero-order valence-electron chi connectivity index (χ0n) is 12.0. The van der Waals surface area contributed by atoms with Crippen LogP contribution >= 0.6 is 0 Å². The van der Waals surface area contributed by atoms with Crippen molar-refractivity contribution in [1.82, 2.24) is 4.90 Å². The van der Waals surface area contributed by atoms with E-state index >= 15 is 0 Å². The van der Waals surface area contributed by atoms with Crippen LogP contribution in [0.2, 0.25) is 0 Å². The summed E-state index contributed by atoms with van der Waals surface area (Å²) in [5, 5.41) is 9.80. The van der Waals surface area contributed by atoms with Crippen molar-refractivity contribution in [2.75, 3.05) is 6.54 Å². The molecule has 1 heterocycles. The van der Waals surface area contributed by atoms with E-state index in [-0.39, 0.29) is 18.4 Å². The lowest BCUT2D eigenvalue weighted by Crippen LogP contribution is -2.37. The third-order valence-corrected chi connectivity index (χ3v) is 3.14. The predicted molar refractivity (Wildman–Crippen MR) is 72.7 cm³/mol. The Balaban J connectivity index is 2.21. The number of nitrogens with zero attached hydrogens (tertiary/aromatic N) is 1. The number of carbonyl (C=O) groups excluding carboxylic acids is 1. The van der Waals surface area contributed by atoms with Crippen molar-refractivity contribution in [2.45, 2.75) is 44.9 Å². The van der Waals surface area contributed by atoms with Gasteiger partial charge in [-0.25, -0.2) is 9.18 Å². The van der Waals surface area contributed by atoms with Gasteiger partial charge in [0, 0.05) is 0 Å². The summed E-state index contributed by atoms with van der Waals surface area (Å²) < 4.78 is 18.7. The van der Waals surface area contributed by atoms with Crippen LogP contribution < -0.4 is 0 Å². The van der Waals surface area contributed by atoms with Crippen molar-refractivity contribution in [3.63, 3.8) is 0 Å². The summed E-state index contributed by atoms with van der Waals surface area (Å²) in [5.41, 5.74) is 0.0734. The number of β-amino-alcohol motifs (C(OH)–C–C–N with tert-alkyl or cyclic N) is 1. The van der Waals surface area contributed by atoms with Gasteiger partial charge < -0.3 is 9.84 Å².